The van der Waals surface area contributed by atoms with E-state index < -0.39 is 0 Å². The third kappa shape index (κ3) is 3.28. The second-order valence-corrected chi connectivity index (χ2v) is 4.17. The van der Waals surface area contributed by atoms with Gasteiger partial charge >= 0.3 is 0 Å². The van der Waals surface area contributed by atoms with Crippen molar-refractivity contribution in [1.29, 1.82) is 0 Å². The fraction of sp³-hybridized carbons (Fsp3) is 0.500. The van der Waals surface area contributed by atoms with Crippen molar-refractivity contribution in [3.8, 4) is 0 Å². The normalized spacial score (nSPS) is 10.3. The molecule has 1 heterocycles. The molecule has 0 unspecified atom stereocenters. The SMILES string of the molecule is CCCOCC(=O)c1ccc(C)s1. The third-order valence-corrected chi connectivity index (χ3v) is 2.64. The number of hydrogen-bond donors (Lipinski definition) is 0. The van der Waals surface area contributed by atoms with Gasteiger partial charge in [-0.1, -0.05) is 6.92 Å². The van der Waals surface area contributed by atoms with Crippen LogP contribution in [0.5, 0.6) is 0 Å². The molecule has 0 saturated carbocycles. The van der Waals surface area contributed by atoms with E-state index in [-0.39, 0.29) is 12.4 Å². The molecule has 0 amide bonds. The molecule has 13 heavy (non-hydrogen) atoms. The van der Waals surface area contributed by atoms with E-state index in [9.17, 15) is 4.79 Å². The van der Waals surface area contributed by atoms with Crippen molar-refractivity contribution in [2.45, 2.75) is 20.3 Å². The van der Waals surface area contributed by atoms with Gasteiger partial charge in [-0.15, -0.1) is 11.3 Å². The molecule has 0 aliphatic rings. The van der Waals surface area contributed by atoms with Crippen LogP contribution in [0.2, 0.25) is 0 Å². The summed E-state index contributed by atoms with van der Waals surface area (Å²) in [4.78, 5) is 13.4. The fourth-order valence-electron chi connectivity index (χ4n) is 0.965. The number of ketones is 1. The van der Waals surface area contributed by atoms with E-state index in [0.29, 0.717) is 6.61 Å². The highest BCUT2D eigenvalue weighted by atomic mass is 32.1. The van der Waals surface area contributed by atoms with Gasteiger partial charge in [-0.05, 0) is 25.5 Å². The average molecular weight is 198 g/mol. The van der Waals surface area contributed by atoms with Crippen LogP contribution < -0.4 is 0 Å². The summed E-state index contributed by atoms with van der Waals surface area (Å²) in [5.41, 5.74) is 0. The Hall–Kier alpha value is -0.670. The summed E-state index contributed by atoms with van der Waals surface area (Å²) in [5, 5.41) is 0. The summed E-state index contributed by atoms with van der Waals surface area (Å²) in [6.45, 7) is 4.90. The molecule has 0 radical (unpaired) electrons. The maximum Gasteiger partial charge on any atom is 0.198 e. The second kappa shape index (κ2) is 5.14. The van der Waals surface area contributed by atoms with Gasteiger partial charge in [-0.3, -0.25) is 4.79 Å². The minimum Gasteiger partial charge on any atom is -0.373 e. The lowest BCUT2D eigenvalue weighted by atomic mass is 10.3. The number of Topliss-reactive ketones (excluding diaryl/α,β-unsaturated/α-hetero) is 1. The molecular formula is C10H14O2S. The second-order valence-electron chi connectivity index (χ2n) is 2.89. The predicted octanol–water partition coefficient (Wildman–Crippen LogP) is 2.67. The molecule has 1 aromatic rings. The monoisotopic (exact) mass is 198 g/mol. The molecule has 0 N–H and O–H groups in total. The van der Waals surface area contributed by atoms with Crippen LogP contribution in [0.15, 0.2) is 12.1 Å². The van der Waals surface area contributed by atoms with Crippen LogP contribution in [0, 0.1) is 6.92 Å². The van der Waals surface area contributed by atoms with Gasteiger partial charge in [0.2, 0.25) is 0 Å². The molecule has 0 aliphatic heterocycles. The Bertz CT molecular complexity index is 278. The highest BCUT2D eigenvalue weighted by Crippen LogP contribution is 2.15. The highest BCUT2D eigenvalue weighted by molar-refractivity contribution is 7.14. The van der Waals surface area contributed by atoms with Crippen molar-refractivity contribution >= 4 is 17.1 Å². The zero-order valence-corrected chi connectivity index (χ0v) is 8.82. The number of carbonyl (C=O) groups excluding carboxylic acids is 1. The maximum atomic E-state index is 11.4. The highest BCUT2D eigenvalue weighted by Gasteiger charge is 2.07. The number of rotatable bonds is 5. The molecule has 3 heteroatoms. The van der Waals surface area contributed by atoms with Crippen LogP contribution in [-0.2, 0) is 4.74 Å². The molecule has 0 aliphatic carbocycles. The number of carbonyl (C=O) groups is 1. The first-order chi connectivity index (χ1) is 6.24. The van der Waals surface area contributed by atoms with E-state index in [4.69, 9.17) is 4.74 Å². The van der Waals surface area contributed by atoms with Gasteiger partial charge in [0.05, 0.1) is 4.88 Å². The standard InChI is InChI=1S/C10H14O2S/c1-3-6-12-7-9(11)10-5-4-8(2)13-10/h4-5H,3,6-7H2,1-2H3. The predicted molar refractivity (Wildman–Crippen MR) is 54.5 cm³/mol. The van der Waals surface area contributed by atoms with E-state index in [1.807, 2.05) is 26.0 Å². The van der Waals surface area contributed by atoms with Crippen LogP contribution in [0.25, 0.3) is 0 Å². The van der Waals surface area contributed by atoms with E-state index in [1.54, 1.807) is 0 Å². The Balaban J connectivity index is 2.40. The Labute approximate surface area is 82.5 Å². The maximum absolute atomic E-state index is 11.4. The number of hydrogen-bond acceptors (Lipinski definition) is 3. The fourth-order valence-corrected chi connectivity index (χ4v) is 1.76. The Morgan fingerprint density at radius 2 is 2.31 bits per heavy atom. The van der Waals surface area contributed by atoms with Crippen molar-refractivity contribution in [3.63, 3.8) is 0 Å². The molecular weight excluding hydrogens is 184 g/mol. The topological polar surface area (TPSA) is 26.3 Å². The van der Waals surface area contributed by atoms with Crippen LogP contribution in [-0.4, -0.2) is 19.0 Å². The summed E-state index contributed by atoms with van der Waals surface area (Å²) in [7, 11) is 0. The summed E-state index contributed by atoms with van der Waals surface area (Å²) < 4.78 is 5.17. The smallest absolute Gasteiger partial charge is 0.198 e. The minimum atomic E-state index is 0.0894. The van der Waals surface area contributed by atoms with Gasteiger partial charge in [0, 0.05) is 11.5 Å². The number of ether oxygens (including phenoxy) is 1. The summed E-state index contributed by atoms with van der Waals surface area (Å²) in [5.74, 6) is 0.0894. The third-order valence-electron chi connectivity index (χ3n) is 1.60. The van der Waals surface area contributed by atoms with Crippen LogP contribution in [0.3, 0.4) is 0 Å². The molecule has 2 nitrogen and oxygen atoms in total. The average Bonchev–Trinajstić information content (AvgIpc) is 2.52. The number of thiophene rings is 1. The molecule has 0 atom stereocenters. The first-order valence-corrected chi connectivity index (χ1v) is 5.23. The van der Waals surface area contributed by atoms with E-state index in [2.05, 4.69) is 0 Å². The summed E-state index contributed by atoms with van der Waals surface area (Å²) in [6.07, 6.45) is 0.955. The van der Waals surface area contributed by atoms with Gasteiger partial charge in [-0.25, -0.2) is 0 Å². The molecule has 1 rings (SSSR count). The molecule has 0 fully saturated rings. The molecule has 0 saturated heterocycles. The van der Waals surface area contributed by atoms with Crippen LogP contribution in [0.4, 0.5) is 0 Å². The molecule has 72 valence electrons. The number of aryl methyl sites for hydroxylation is 1. The Kier molecular flexibility index (Phi) is 4.12. The van der Waals surface area contributed by atoms with E-state index in [0.717, 1.165) is 11.3 Å². The van der Waals surface area contributed by atoms with Gasteiger partial charge < -0.3 is 4.74 Å². The first-order valence-electron chi connectivity index (χ1n) is 4.41. The lowest BCUT2D eigenvalue weighted by Crippen LogP contribution is -2.07. The van der Waals surface area contributed by atoms with Crippen molar-refractivity contribution in [2.24, 2.45) is 0 Å². The van der Waals surface area contributed by atoms with Gasteiger partial charge in [0.1, 0.15) is 6.61 Å². The summed E-state index contributed by atoms with van der Waals surface area (Å²) >= 11 is 1.52. The Morgan fingerprint density at radius 1 is 1.54 bits per heavy atom. The molecule has 0 aromatic carbocycles. The van der Waals surface area contributed by atoms with Crippen molar-refractivity contribution < 1.29 is 9.53 Å². The largest absolute Gasteiger partial charge is 0.373 e. The van der Waals surface area contributed by atoms with Gasteiger partial charge in [0.25, 0.3) is 0 Å². The lowest BCUT2D eigenvalue weighted by molar-refractivity contribution is 0.0765. The quantitative estimate of drug-likeness (QED) is 0.537. The minimum absolute atomic E-state index is 0.0894. The first kappa shape index (κ1) is 10.4. The Morgan fingerprint density at radius 3 is 2.85 bits per heavy atom. The lowest BCUT2D eigenvalue weighted by Gasteiger charge is -1.98. The summed E-state index contributed by atoms with van der Waals surface area (Å²) in [6, 6.07) is 3.81. The van der Waals surface area contributed by atoms with Crippen LogP contribution >= 0.6 is 11.3 Å². The van der Waals surface area contributed by atoms with Gasteiger partial charge in [-0.2, -0.15) is 0 Å². The van der Waals surface area contributed by atoms with E-state index >= 15 is 0 Å². The zero-order chi connectivity index (χ0) is 9.68. The van der Waals surface area contributed by atoms with Gasteiger partial charge in [0.15, 0.2) is 5.78 Å². The van der Waals surface area contributed by atoms with Crippen LogP contribution in [0.1, 0.15) is 27.9 Å². The van der Waals surface area contributed by atoms with E-state index in [1.165, 1.54) is 16.2 Å². The zero-order valence-electron chi connectivity index (χ0n) is 8.00. The molecule has 0 spiro atoms. The van der Waals surface area contributed by atoms with Crippen molar-refractivity contribution in [2.75, 3.05) is 13.2 Å². The van der Waals surface area contributed by atoms with Crippen molar-refractivity contribution in [3.05, 3.63) is 21.9 Å². The molecule has 1 aromatic heterocycles. The molecule has 0 bridgehead atoms. The van der Waals surface area contributed by atoms with Crippen molar-refractivity contribution in [1.82, 2.24) is 0 Å².